The van der Waals surface area contributed by atoms with Gasteiger partial charge in [0, 0.05) is 26.7 Å². The number of rotatable bonds is 3. The van der Waals surface area contributed by atoms with Crippen molar-refractivity contribution in [3.63, 3.8) is 0 Å². The second-order valence-electron chi connectivity index (χ2n) is 4.74. The van der Waals surface area contributed by atoms with E-state index >= 15 is 0 Å². The summed E-state index contributed by atoms with van der Waals surface area (Å²) in [6.45, 7) is 5.27. The van der Waals surface area contributed by atoms with Gasteiger partial charge >= 0.3 is 12.0 Å². The van der Waals surface area contributed by atoms with Crippen molar-refractivity contribution in [3.05, 3.63) is 0 Å². The maximum Gasteiger partial charge on any atom is 0.319 e. The van der Waals surface area contributed by atoms with Crippen LogP contribution in [0.4, 0.5) is 4.79 Å². The Labute approximate surface area is 96.0 Å². The topological polar surface area (TPSA) is 60.9 Å². The lowest BCUT2D eigenvalue weighted by molar-refractivity contribution is -0.147. The molecule has 2 amide bonds. The molecule has 1 fully saturated rings. The van der Waals surface area contributed by atoms with Crippen LogP contribution >= 0.6 is 0 Å². The first kappa shape index (κ1) is 12.8. The van der Waals surface area contributed by atoms with Crippen molar-refractivity contribution >= 4 is 12.0 Å². The Morgan fingerprint density at radius 2 is 2.12 bits per heavy atom. The Kier molecular flexibility index (Phi) is 3.78. The van der Waals surface area contributed by atoms with E-state index in [-0.39, 0.29) is 6.03 Å². The van der Waals surface area contributed by atoms with Crippen LogP contribution in [0.2, 0.25) is 0 Å². The fourth-order valence-electron chi connectivity index (χ4n) is 1.97. The smallest absolute Gasteiger partial charge is 0.319 e. The first-order valence-electron chi connectivity index (χ1n) is 5.64. The van der Waals surface area contributed by atoms with Crippen LogP contribution in [-0.2, 0) is 4.79 Å². The lowest BCUT2D eigenvalue weighted by Crippen LogP contribution is -2.42. The van der Waals surface area contributed by atoms with E-state index in [4.69, 9.17) is 5.11 Å². The highest BCUT2D eigenvalue weighted by molar-refractivity contribution is 5.79. The third kappa shape index (κ3) is 2.46. The Morgan fingerprint density at radius 3 is 2.56 bits per heavy atom. The van der Waals surface area contributed by atoms with Gasteiger partial charge in [0.1, 0.15) is 0 Å². The molecule has 1 saturated heterocycles. The van der Waals surface area contributed by atoms with Gasteiger partial charge in [-0.3, -0.25) is 4.79 Å². The molecule has 0 aromatic rings. The van der Waals surface area contributed by atoms with Crippen LogP contribution in [0, 0.1) is 5.41 Å². The van der Waals surface area contributed by atoms with Crippen molar-refractivity contribution < 1.29 is 14.7 Å². The molecule has 0 radical (unpaired) electrons. The van der Waals surface area contributed by atoms with Crippen molar-refractivity contribution in [2.75, 3.05) is 26.7 Å². The average Bonchev–Trinajstić information content (AvgIpc) is 2.61. The van der Waals surface area contributed by atoms with Crippen LogP contribution < -0.4 is 0 Å². The van der Waals surface area contributed by atoms with E-state index in [0.29, 0.717) is 26.1 Å². The number of likely N-dealkylation sites (tertiary alicyclic amines) is 1. The molecule has 92 valence electrons. The second kappa shape index (κ2) is 4.72. The Balaban J connectivity index is 2.59. The summed E-state index contributed by atoms with van der Waals surface area (Å²) in [5.74, 6) is -0.819. The number of urea groups is 1. The van der Waals surface area contributed by atoms with Gasteiger partial charge in [-0.1, -0.05) is 6.92 Å². The van der Waals surface area contributed by atoms with E-state index in [0.717, 1.165) is 6.42 Å². The number of carbonyl (C=O) groups excluding carboxylic acids is 1. The molecule has 1 aliphatic rings. The summed E-state index contributed by atoms with van der Waals surface area (Å²) in [7, 11) is 1.75. The summed E-state index contributed by atoms with van der Waals surface area (Å²) in [4.78, 5) is 26.2. The monoisotopic (exact) mass is 228 g/mol. The minimum atomic E-state index is -0.819. The Hall–Kier alpha value is -1.26. The molecule has 0 saturated carbocycles. The zero-order chi connectivity index (χ0) is 12.3. The summed E-state index contributed by atoms with van der Waals surface area (Å²) < 4.78 is 0. The van der Waals surface area contributed by atoms with Gasteiger partial charge in [-0.05, 0) is 19.8 Å². The molecule has 0 bridgehead atoms. The largest absolute Gasteiger partial charge is 0.481 e. The zero-order valence-electron chi connectivity index (χ0n) is 10.2. The van der Waals surface area contributed by atoms with E-state index in [9.17, 15) is 9.59 Å². The predicted octanol–water partition coefficient (Wildman–Crippen LogP) is 1.24. The minimum Gasteiger partial charge on any atom is -0.481 e. The molecular formula is C11H20N2O3. The van der Waals surface area contributed by atoms with Gasteiger partial charge in [-0.15, -0.1) is 0 Å². The molecule has 1 unspecified atom stereocenters. The van der Waals surface area contributed by atoms with Gasteiger partial charge in [-0.2, -0.15) is 0 Å². The number of nitrogens with zero attached hydrogens (tertiary/aromatic N) is 2. The molecule has 1 aliphatic heterocycles. The van der Waals surface area contributed by atoms with Crippen molar-refractivity contribution in [1.29, 1.82) is 0 Å². The number of hydrogen-bond acceptors (Lipinski definition) is 2. The highest BCUT2D eigenvalue weighted by atomic mass is 16.4. The highest BCUT2D eigenvalue weighted by Crippen LogP contribution is 2.30. The van der Waals surface area contributed by atoms with E-state index in [1.165, 1.54) is 0 Å². The number of hydrogen-bond donors (Lipinski definition) is 1. The average molecular weight is 228 g/mol. The molecule has 0 aromatic carbocycles. The maximum absolute atomic E-state index is 11.9. The molecule has 0 aliphatic carbocycles. The molecule has 5 heteroatoms. The molecular weight excluding hydrogens is 208 g/mol. The standard InChI is InChI=1S/C11H20N2O3/c1-4-6-12(3)10(16)13-7-5-11(2,8-13)9(14)15/h4-8H2,1-3H3,(H,14,15). The van der Waals surface area contributed by atoms with Crippen molar-refractivity contribution in [1.82, 2.24) is 9.80 Å². The quantitative estimate of drug-likeness (QED) is 0.790. The molecule has 0 aromatic heterocycles. The number of aliphatic carboxylic acids is 1. The zero-order valence-corrected chi connectivity index (χ0v) is 10.2. The van der Waals surface area contributed by atoms with Gasteiger partial charge < -0.3 is 14.9 Å². The fourth-order valence-corrected chi connectivity index (χ4v) is 1.97. The van der Waals surface area contributed by atoms with Crippen molar-refractivity contribution in [2.45, 2.75) is 26.7 Å². The van der Waals surface area contributed by atoms with Crippen LogP contribution in [0.3, 0.4) is 0 Å². The number of carbonyl (C=O) groups is 2. The lowest BCUT2D eigenvalue weighted by atomic mass is 9.90. The van der Waals surface area contributed by atoms with Gasteiger partial charge in [0.05, 0.1) is 5.41 Å². The molecule has 1 heterocycles. The summed E-state index contributed by atoms with van der Waals surface area (Å²) in [5.41, 5.74) is -0.775. The fraction of sp³-hybridized carbons (Fsp3) is 0.818. The maximum atomic E-state index is 11.9. The van der Waals surface area contributed by atoms with E-state index in [2.05, 4.69) is 0 Å². The molecule has 1 rings (SSSR count). The first-order chi connectivity index (χ1) is 7.40. The molecule has 1 N–H and O–H groups in total. The predicted molar refractivity (Wildman–Crippen MR) is 60.2 cm³/mol. The Bertz CT molecular complexity index is 293. The van der Waals surface area contributed by atoms with Crippen LogP contribution in [0.5, 0.6) is 0 Å². The molecule has 16 heavy (non-hydrogen) atoms. The van der Waals surface area contributed by atoms with E-state index < -0.39 is 11.4 Å². The first-order valence-corrected chi connectivity index (χ1v) is 5.64. The van der Waals surface area contributed by atoms with Gasteiger partial charge in [-0.25, -0.2) is 4.79 Å². The SMILES string of the molecule is CCCN(C)C(=O)N1CCC(C)(C(=O)O)C1. The third-order valence-electron chi connectivity index (χ3n) is 3.15. The molecule has 1 atom stereocenters. The summed E-state index contributed by atoms with van der Waals surface area (Å²) in [6, 6.07) is -0.0631. The minimum absolute atomic E-state index is 0.0631. The van der Waals surface area contributed by atoms with Crippen LogP contribution in [0.1, 0.15) is 26.7 Å². The third-order valence-corrected chi connectivity index (χ3v) is 3.15. The van der Waals surface area contributed by atoms with Gasteiger partial charge in [0.25, 0.3) is 0 Å². The van der Waals surface area contributed by atoms with Gasteiger partial charge in [0.15, 0.2) is 0 Å². The van der Waals surface area contributed by atoms with Gasteiger partial charge in [0.2, 0.25) is 0 Å². The van der Waals surface area contributed by atoms with Crippen molar-refractivity contribution in [3.8, 4) is 0 Å². The summed E-state index contributed by atoms with van der Waals surface area (Å²) in [5, 5.41) is 9.06. The summed E-state index contributed by atoms with van der Waals surface area (Å²) >= 11 is 0. The van der Waals surface area contributed by atoms with Crippen molar-refractivity contribution in [2.24, 2.45) is 5.41 Å². The number of carboxylic acids is 1. The van der Waals surface area contributed by atoms with Crippen LogP contribution in [0.25, 0.3) is 0 Å². The summed E-state index contributed by atoms with van der Waals surface area (Å²) in [6.07, 6.45) is 1.44. The van der Waals surface area contributed by atoms with Crippen LogP contribution in [-0.4, -0.2) is 53.6 Å². The second-order valence-corrected chi connectivity index (χ2v) is 4.74. The van der Waals surface area contributed by atoms with E-state index in [1.54, 1.807) is 23.8 Å². The highest BCUT2D eigenvalue weighted by Gasteiger charge is 2.42. The molecule has 0 spiro atoms. The molecule has 5 nitrogen and oxygen atoms in total. The lowest BCUT2D eigenvalue weighted by Gasteiger charge is -2.25. The number of carboxylic acid groups (broad SMARTS) is 1. The van der Waals surface area contributed by atoms with E-state index in [1.807, 2.05) is 6.92 Å². The van der Waals surface area contributed by atoms with Crippen LogP contribution in [0.15, 0.2) is 0 Å². The normalized spacial score (nSPS) is 24.6. The Morgan fingerprint density at radius 1 is 1.50 bits per heavy atom. The number of amides is 2.